The first-order chi connectivity index (χ1) is 7.08. The minimum atomic E-state index is -0.944. The smallest absolute Gasteiger partial charge is 0.308 e. The molecule has 1 aromatic heterocycles. The summed E-state index contributed by atoms with van der Waals surface area (Å²) >= 11 is 3.17. The van der Waals surface area contributed by atoms with Crippen LogP contribution in [0.25, 0.3) is 0 Å². The molecule has 0 saturated carbocycles. The lowest BCUT2D eigenvalue weighted by atomic mass is 10.1. The average molecular weight is 274 g/mol. The number of halogens is 1. The number of rotatable bonds is 2. The number of nitrogens with one attached hydrogen (secondary N) is 1. The van der Waals surface area contributed by atoms with E-state index >= 15 is 0 Å². The highest BCUT2D eigenvalue weighted by Crippen LogP contribution is 2.25. The van der Waals surface area contributed by atoms with Gasteiger partial charge in [0.2, 0.25) is 5.91 Å². The van der Waals surface area contributed by atoms with Gasteiger partial charge in [0.15, 0.2) is 5.82 Å². The minimum absolute atomic E-state index is 0.0415. The number of hydrogen-bond donors (Lipinski definition) is 2. The molecule has 2 N–H and O–H groups in total. The lowest BCUT2D eigenvalue weighted by Gasteiger charge is -2.11. The predicted molar refractivity (Wildman–Crippen MR) is 54.4 cm³/mol. The zero-order valence-corrected chi connectivity index (χ0v) is 9.19. The van der Waals surface area contributed by atoms with Crippen LogP contribution in [-0.2, 0) is 9.59 Å². The Morgan fingerprint density at radius 3 is 2.93 bits per heavy atom. The SMILES string of the molecule is O=C(O)C1CC(=O)N(c2cc(Br)[nH]n2)C1. The summed E-state index contributed by atoms with van der Waals surface area (Å²) in [7, 11) is 0. The van der Waals surface area contributed by atoms with Crippen molar-refractivity contribution in [3.8, 4) is 0 Å². The van der Waals surface area contributed by atoms with Gasteiger partial charge in [0.1, 0.15) is 4.60 Å². The molecule has 7 heteroatoms. The van der Waals surface area contributed by atoms with Crippen molar-refractivity contribution in [2.75, 3.05) is 11.4 Å². The molecule has 0 radical (unpaired) electrons. The van der Waals surface area contributed by atoms with E-state index in [4.69, 9.17) is 5.11 Å². The molecule has 2 rings (SSSR count). The number of aromatic amines is 1. The Kier molecular flexibility index (Phi) is 2.47. The maximum atomic E-state index is 11.5. The van der Waals surface area contributed by atoms with Crippen LogP contribution < -0.4 is 4.90 Å². The van der Waals surface area contributed by atoms with Crippen molar-refractivity contribution in [3.63, 3.8) is 0 Å². The van der Waals surface area contributed by atoms with Crippen LogP contribution in [0.4, 0.5) is 5.82 Å². The number of hydrogen-bond acceptors (Lipinski definition) is 3. The number of H-pyrrole nitrogens is 1. The third-order valence-electron chi connectivity index (χ3n) is 2.28. The third kappa shape index (κ3) is 1.87. The van der Waals surface area contributed by atoms with Crippen molar-refractivity contribution in [2.45, 2.75) is 6.42 Å². The molecule has 6 nitrogen and oxygen atoms in total. The Morgan fingerprint density at radius 2 is 2.47 bits per heavy atom. The van der Waals surface area contributed by atoms with Gasteiger partial charge in [-0.3, -0.25) is 19.6 Å². The molecule has 1 aliphatic rings. The maximum absolute atomic E-state index is 11.5. The number of aromatic nitrogens is 2. The summed E-state index contributed by atoms with van der Waals surface area (Å²) in [5, 5.41) is 15.3. The summed E-state index contributed by atoms with van der Waals surface area (Å²) in [6.07, 6.45) is 0.0415. The Bertz CT molecular complexity index is 417. The highest BCUT2D eigenvalue weighted by molar-refractivity contribution is 9.10. The van der Waals surface area contributed by atoms with Gasteiger partial charge < -0.3 is 5.11 Å². The Balaban J connectivity index is 2.18. The quantitative estimate of drug-likeness (QED) is 0.827. The van der Waals surface area contributed by atoms with E-state index in [1.165, 1.54) is 4.90 Å². The molecule has 1 unspecified atom stereocenters. The first kappa shape index (κ1) is 10.2. The van der Waals surface area contributed by atoms with Gasteiger partial charge >= 0.3 is 5.97 Å². The second-order valence-corrected chi connectivity index (χ2v) is 4.17. The summed E-state index contributed by atoms with van der Waals surface area (Å²) < 4.78 is 0.657. The molecule has 2 heterocycles. The van der Waals surface area contributed by atoms with Crippen LogP contribution in [0.2, 0.25) is 0 Å². The van der Waals surface area contributed by atoms with E-state index in [0.29, 0.717) is 10.4 Å². The summed E-state index contributed by atoms with van der Waals surface area (Å²) in [6, 6.07) is 1.64. The van der Waals surface area contributed by atoms with E-state index in [1.54, 1.807) is 6.07 Å². The second kappa shape index (κ2) is 3.65. The summed E-state index contributed by atoms with van der Waals surface area (Å²) in [5.41, 5.74) is 0. The van der Waals surface area contributed by atoms with Crippen LogP contribution >= 0.6 is 15.9 Å². The fourth-order valence-corrected chi connectivity index (χ4v) is 1.81. The Labute approximate surface area is 93.4 Å². The highest BCUT2D eigenvalue weighted by atomic mass is 79.9. The van der Waals surface area contributed by atoms with E-state index in [1.807, 2.05) is 0 Å². The second-order valence-electron chi connectivity index (χ2n) is 3.32. The van der Waals surface area contributed by atoms with Crippen molar-refractivity contribution < 1.29 is 14.7 Å². The van der Waals surface area contributed by atoms with Crippen molar-refractivity contribution in [1.82, 2.24) is 10.2 Å². The topological polar surface area (TPSA) is 86.3 Å². The van der Waals surface area contributed by atoms with Gasteiger partial charge in [0.05, 0.1) is 5.92 Å². The van der Waals surface area contributed by atoms with Crippen LogP contribution in [0.5, 0.6) is 0 Å². The molecule has 0 aliphatic carbocycles. The number of aliphatic carboxylic acids is 1. The number of carboxylic acids is 1. The van der Waals surface area contributed by atoms with Crippen molar-refractivity contribution in [2.24, 2.45) is 5.92 Å². The van der Waals surface area contributed by atoms with E-state index in [0.717, 1.165) is 0 Å². The highest BCUT2D eigenvalue weighted by Gasteiger charge is 2.35. The molecule has 0 aromatic carbocycles. The zero-order valence-electron chi connectivity index (χ0n) is 7.61. The third-order valence-corrected chi connectivity index (χ3v) is 2.69. The van der Waals surface area contributed by atoms with Crippen LogP contribution in [0, 0.1) is 5.92 Å². The fraction of sp³-hybridized carbons (Fsp3) is 0.375. The van der Waals surface area contributed by atoms with Crippen LogP contribution in [-0.4, -0.2) is 33.7 Å². The molecule has 15 heavy (non-hydrogen) atoms. The van der Waals surface area contributed by atoms with Gasteiger partial charge in [-0.2, -0.15) is 5.10 Å². The summed E-state index contributed by atoms with van der Waals surface area (Å²) in [4.78, 5) is 23.6. The lowest BCUT2D eigenvalue weighted by molar-refractivity contribution is -0.141. The van der Waals surface area contributed by atoms with Crippen LogP contribution in [0.15, 0.2) is 10.7 Å². The van der Waals surface area contributed by atoms with Crippen LogP contribution in [0.3, 0.4) is 0 Å². The molecule has 1 aromatic rings. The summed E-state index contributed by atoms with van der Waals surface area (Å²) in [5.74, 6) is -1.33. The molecule has 1 amide bonds. The largest absolute Gasteiger partial charge is 0.481 e. The van der Waals surface area contributed by atoms with Gasteiger partial charge in [-0.25, -0.2) is 0 Å². The molecule has 1 atom stereocenters. The van der Waals surface area contributed by atoms with Gasteiger partial charge in [-0.15, -0.1) is 0 Å². The first-order valence-corrected chi connectivity index (χ1v) is 5.11. The number of carboxylic acid groups (broad SMARTS) is 1. The Hall–Kier alpha value is -1.37. The van der Waals surface area contributed by atoms with Gasteiger partial charge in [-0.05, 0) is 15.9 Å². The normalized spacial score (nSPS) is 21.0. The van der Waals surface area contributed by atoms with E-state index in [9.17, 15) is 9.59 Å². The molecular weight excluding hydrogens is 266 g/mol. The van der Waals surface area contributed by atoms with E-state index in [2.05, 4.69) is 26.1 Å². The number of anilines is 1. The first-order valence-electron chi connectivity index (χ1n) is 4.32. The van der Waals surface area contributed by atoms with Crippen molar-refractivity contribution >= 4 is 33.6 Å². The molecular formula is C8H8BrN3O3. The van der Waals surface area contributed by atoms with Crippen molar-refractivity contribution in [3.05, 3.63) is 10.7 Å². The average Bonchev–Trinajstić information content (AvgIpc) is 2.71. The summed E-state index contributed by atoms with van der Waals surface area (Å²) in [6.45, 7) is 0.186. The maximum Gasteiger partial charge on any atom is 0.308 e. The molecule has 0 spiro atoms. The van der Waals surface area contributed by atoms with Crippen molar-refractivity contribution in [1.29, 1.82) is 0 Å². The molecule has 1 aliphatic heterocycles. The molecule has 1 saturated heterocycles. The van der Waals surface area contributed by atoms with Crippen LogP contribution in [0.1, 0.15) is 6.42 Å². The lowest BCUT2D eigenvalue weighted by Crippen LogP contribution is -2.26. The standard InChI is InChI=1S/C8H8BrN3O3/c9-5-2-6(11-10-5)12-3-4(8(14)15)1-7(12)13/h2,4H,1,3H2,(H,10,11)(H,14,15). The number of amides is 1. The van der Waals surface area contributed by atoms with E-state index < -0.39 is 11.9 Å². The minimum Gasteiger partial charge on any atom is -0.481 e. The van der Waals surface area contributed by atoms with Gasteiger partial charge in [0.25, 0.3) is 0 Å². The van der Waals surface area contributed by atoms with E-state index in [-0.39, 0.29) is 18.9 Å². The fourth-order valence-electron chi connectivity index (χ4n) is 1.52. The molecule has 80 valence electrons. The number of nitrogens with zero attached hydrogens (tertiary/aromatic N) is 2. The number of carbonyl (C=O) groups is 2. The van der Waals surface area contributed by atoms with Gasteiger partial charge in [-0.1, -0.05) is 0 Å². The predicted octanol–water partition coefficient (Wildman–Crippen LogP) is 0.610. The monoisotopic (exact) mass is 273 g/mol. The number of carbonyl (C=O) groups excluding carboxylic acids is 1. The molecule has 1 fully saturated rings. The zero-order chi connectivity index (χ0) is 11.0. The van der Waals surface area contributed by atoms with Gasteiger partial charge in [0, 0.05) is 19.0 Å². The Morgan fingerprint density at radius 1 is 1.73 bits per heavy atom. The molecule has 0 bridgehead atoms.